The van der Waals surface area contributed by atoms with E-state index in [9.17, 15) is 15.3 Å². The topological polar surface area (TPSA) is 60.7 Å². The lowest BCUT2D eigenvalue weighted by Gasteiger charge is -2.72. The molecule has 4 saturated carbocycles. The Balaban J connectivity index is 1.60. The molecule has 0 aliphatic heterocycles. The molecule has 3 heteroatoms. The van der Waals surface area contributed by atoms with Crippen molar-refractivity contribution < 1.29 is 15.3 Å². The summed E-state index contributed by atoms with van der Waals surface area (Å²) < 4.78 is 0. The van der Waals surface area contributed by atoms with Gasteiger partial charge in [0.05, 0.1) is 18.8 Å². The van der Waals surface area contributed by atoms with Crippen LogP contribution in [0.3, 0.4) is 0 Å². The first-order valence-electron chi connectivity index (χ1n) is 13.9. The van der Waals surface area contributed by atoms with E-state index in [0.717, 1.165) is 19.3 Å². The molecule has 4 fully saturated rings. The lowest BCUT2D eigenvalue weighted by atomic mass is 9.33. The minimum absolute atomic E-state index is 0.00154. The van der Waals surface area contributed by atoms with E-state index in [-0.39, 0.29) is 28.8 Å². The van der Waals surface area contributed by atoms with Crippen molar-refractivity contribution in [2.45, 2.75) is 118 Å². The van der Waals surface area contributed by atoms with Gasteiger partial charge < -0.3 is 15.3 Å². The Labute approximate surface area is 202 Å². The van der Waals surface area contributed by atoms with Crippen molar-refractivity contribution in [2.24, 2.45) is 50.2 Å². The number of aliphatic hydroxyl groups excluding tert-OH is 3. The first-order valence-corrected chi connectivity index (χ1v) is 13.9. The van der Waals surface area contributed by atoms with Gasteiger partial charge in [-0.05, 0) is 90.8 Å². The predicted molar refractivity (Wildman–Crippen MR) is 134 cm³/mol. The van der Waals surface area contributed by atoms with Gasteiger partial charge in [0.25, 0.3) is 0 Å². The van der Waals surface area contributed by atoms with E-state index in [2.05, 4.69) is 54.5 Å². The molecule has 3 N–H and O–H groups in total. The molecule has 5 aliphatic carbocycles. The van der Waals surface area contributed by atoms with Crippen molar-refractivity contribution in [3.8, 4) is 0 Å². The predicted octanol–water partition coefficient (Wildman–Crippen LogP) is 6.11. The van der Waals surface area contributed by atoms with E-state index in [4.69, 9.17) is 0 Å². The Bertz CT molecular complexity index is 847. The fourth-order valence-corrected chi connectivity index (χ4v) is 10.5. The minimum atomic E-state index is -0.634. The average molecular weight is 459 g/mol. The molecule has 0 aromatic carbocycles. The summed E-state index contributed by atoms with van der Waals surface area (Å²) in [5, 5.41) is 32.9. The molecular weight excluding hydrogens is 408 g/mol. The van der Waals surface area contributed by atoms with E-state index in [1.807, 2.05) is 0 Å². The van der Waals surface area contributed by atoms with Gasteiger partial charge in [-0.2, -0.15) is 0 Å². The lowest BCUT2D eigenvalue weighted by molar-refractivity contribution is -0.253. The molecular formula is C30H50O3. The number of hydrogen-bond acceptors (Lipinski definition) is 3. The highest BCUT2D eigenvalue weighted by Crippen LogP contribution is 2.75. The maximum atomic E-state index is 11.5. The highest BCUT2D eigenvalue weighted by molar-refractivity contribution is 5.34. The molecule has 0 aromatic rings. The van der Waals surface area contributed by atoms with Gasteiger partial charge in [-0.1, -0.05) is 60.1 Å². The third kappa shape index (κ3) is 2.91. The molecule has 3 nitrogen and oxygen atoms in total. The zero-order valence-corrected chi connectivity index (χ0v) is 22.4. The summed E-state index contributed by atoms with van der Waals surface area (Å²) in [6.07, 6.45) is 11.6. The monoisotopic (exact) mass is 458 g/mol. The smallest absolute Gasteiger partial charge is 0.0643 e. The van der Waals surface area contributed by atoms with Crippen LogP contribution in [0, 0.1) is 50.2 Å². The molecule has 5 rings (SSSR count). The van der Waals surface area contributed by atoms with Crippen molar-refractivity contribution in [1.29, 1.82) is 0 Å². The van der Waals surface area contributed by atoms with E-state index in [1.54, 1.807) is 5.57 Å². The van der Waals surface area contributed by atoms with Crippen LogP contribution in [-0.2, 0) is 0 Å². The van der Waals surface area contributed by atoms with Crippen LogP contribution in [0.4, 0.5) is 0 Å². The fourth-order valence-electron chi connectivity index (χ4n) is 10.5. The Morgan fingerprint density at radius 1 is 0.848 bits per heavy atom. The molecule has 0 saturated heterocycles. The van der Waals surface area contributed by atoms with Crippen LogP contribution in [0.5, 0.6) is 0 Å². The number of fused-ring (bicyclic) bond motifs is 7. The largest absolute Gasteiger partial charge is 0.396 e. The highest BCUT2D eigenvalue weighted by atomic mass is 16.3. The number of hydrogen-bond donors (Lipinski definition) is 3. The van der Waals surface area contributed by atoms with Crippen molar-refractivity contribution in [1.82, 2.24) is 0 Å². The Morgan fingerprint density at radius 2 is 1.52 bits per heavy atom. The van der Waals surface area contributed by atoms with Gasteiger partial charge >= 0.3 is 0 Å². The molecule has 0 aromatic heterocycles. The molecule has 0 radical (unpaired) electrons. The maximum absolute atomic E-state index is 11.5. The molecule has 0 spiro atoms. The second-order valence-corrected chi connectivity index (χ2v) is 15.2. The quantitative estimate of drug-likeness (QED) is 0.415. The SMILES string of the molecule is CC1(C)CCC2(C)CCC3(C)C(=CCC4C5(C)C(O)CC(O)C(C)(CO)C5CCC43C)C2C1. The van der Waals surface area contributed by atoms with Gasteiger partial charge in [-0.25, -0.2) is 0 Å². The van der Waals surface area contributed by atoms with Crippen LogP contribution < -0.4 is 0 Å². The van der Waals surface area contributed by atoms with Crippen LogP contribution in [0.25, 0.3) is 0 Å². The zero-order valence-electron chi connectivity index (χ0n) is 22.4. The van der Waals surface area contributed by atoms with Gasteiger partial charge in [0.1, 0.15) is 0 Å². The molecule has 10 unspecified atom stereocenters. The maximum Gasteiger partial charge on any atom is 0.0643 e. The zero-order chi connectivity index (χ0) is 24.2. The van der Waals surface area contributed by atoms with Crippen molar-refractivity contribution in [3.05, 3.63) is 11.6 Å². The van der Waals surface area contributed by atoms with Crippen LogP contribution in [0.15, 0.2) is 11.6 Å². The van der Waals surface area contributed by atoms with E-state index >= 15 is 0 Å². The first-order chi connectivity index (χ1) is 15.2. The van der Waals surface area contributed by atoms with Crippen molar-refractivity contribution in [3.63, 3.8) is 0 Å². The van der Waals surface area contributed by atoms with Gasteiger partial charge in [-0.3, -0.25) is 0 Å². The Hall–Kier alpha value is -0.380. The molecule has 0 amide bonds. The number of allylic oxidation sites excluding steroid dienone is 2. The molecule has 0 heterocycles. The third-order valence-electron chi connectivity index (χ3n) is 13.3. The van der Waals surface area contributed by atoms with E-state index in [0.29, 0.717) is 29.1 Å². The minimum Gasteiger partial charge on any atom is -0.396 e. The summed E-state index contributed by atoms with van der Waals surface area (Å²) in [6.45, 7) is 17.0. The van der Waals surface area contributed by atoms with Crippen LogP contribution in [0.1, 0.15) is 106 Å². The lowest BCUT2D eigenvalue weighted by Crippen LogP contribution is -2.69. The van der Waals surface area contributed by atoms with Gasteiger partial charge in [0.2, 0.25) is 0 Å². The Morgan fingerprint density at radius 3 is 2.18 bits per heavy atom. The van der Waals surface area contributed by atoms with Crippen LogP contribution >= 0.6 is 0 Å². The summed E-state index contributed by atoms with van der Waals surface area (Å²) in [7, 11) is 0. The summed E-state index contributed by atoms with van der Waals surface area (Å²) >= 11 is 0. The second kappa shape index (κ2) is 7.10. The average Bonchev–Trinajstić information content (AvgIpc) is 2.74. The van der Waals surface area contributed by atoms with Gasteiger partial charge in [0.15, 0.2) is 0 Å². The summed E-state index contributed by atoms with van der Waals surface area (Å²) in [4.78, 5) is 0. The van der Waals surface area contributed by atoms with Crippen molar-refractivity contribution in [2.75, 3.05) is 6.61 Å². The molecule has 5 aliphatic rings. The number of rotatable bonds is 1. The fraction of sp³-hybridized carbons (Fsp3) is 0.933. The van der Waals surface area contributed by atoms with E-state index in [1.165, 1.54) is 32.1 Å². The molecule has 33 heavy (non-hydrogen) atoms. The number of aliphatic hydroxyl groups is 3. The van der Waals surface area contributed by atoms with Crippen LogP contribution in [0.2, 0.25) is 0 Å². The third-order valence-corrected chi connectivity index (χ3v) is 13.3. The Kier molecular flexibility index (Phi) is 5.23. The van der Waals surface area contributed by atoms with Crippen molar-refractivity contribution >= 4 is 0 Å². The first kappa shape index (κ1) is 24.3. The highest BCUT2D eigenvalue weighted by Gasteiger charge is 2.70. The standard InChI is InChI=1S/C30H50O3/c1-25(2)12-13-26(3)14-15-28(5)19(20(26)17-25)8-9-22-29(28,6)11-10-21-27(4,18-31)23(32)16-24(33)30(21,22)7/h8,20-24,31-33H,9-18H2,1-7H3. The van der Waals surface area contributed by atoms with Crippen LogP contribution in [-0.4, -0.2) is 34.1 Å². The summed E-state index contributed by atoms with van der Waals surface area (Å²) in [6, 6.07) is 0. The van der Waals surface area contributed by atoms with Gasteiger partial charge in [-0.15, -0.1) is 0 Å². The molecule has 10 atom stereocenters. The summed E-state index contributed by atoms with van der Waals surface area (Å²) in [5.41, 5.74) is 2.12. The molecule has 188 valence electrons. The van der Waals surface area contributed by atoms with Gasteiger partial charge in [0, 0.05) is 17.3 Å². The second-order valence-electron chi connectivity index (χ2n) is 15.2. The van der Waals surface area contributed by atoms with E-state index < -0.39 is 17.6 Å². The molecule has 0 bridgehead atoms. The summed E-state index contributed by atoms with van der Waals surface area (Å²) in [5.74, 6) is 1.21. The normalized spacial score (nSPS) is 57.8.